The quantitative estimate of drug-likeness (QED) is 0.823. The highest BCUT2D eigenvalue weighted by atomic mass is 16.5. The first kappa shape index (κ1) is 16.7. The van der Waals surface area contributed by atoms with Crippen molar-refractivity contribution in [1.82, 2.24) is 5.32 Å². The van der Waals surface area contributed by atoms with Crippen molar-refractivity contribution in [2.24, 2.45) is 0 Å². The molecule has 120 valence electrons. The fraction of sp³-hybridized carbons (Fsp3) is 0.222. The van der Waals surface area contributed by atoms with E-state index in [0.717, 1.165) is 5.56 Å². The van der Waals surface area contributed by atoms with Crippen molar-refractivity contribution in [1.29, 1.82) is 0 Å². The van der Waals surface area contributed by atoms with E-state index >= 15 is 0 Å². The normalized spacial score (nSPS) is 13.1. The Labute approximate surface area is 134 Å². The van der Waals surface area contributed by atoms with Gasteiger partial charge in [-0.25, -0.2) is 4.79 Å². The second-order valence-corrected chi connectivity index (χ2v) is 5.16. The van der Waals surface area contributed by atoms with Gasteiger partial charge >= 0.3 is 5.97 Å². The zero-order chi connectivity index (χ0) is 16.7. The lowest BCUT2D eigenvalue weighted by molar-refractivity contribution is -0.143. The monoisotopic (exact) mass is 313 g/mol. The molecule has 0 bridgehead atoms. The van der Waals surface area contributed by atoms with Gasteiger partial charge in [-0.05, 0) is 24.6 Å². The van der Waals surface area contributed by atoms with E-state index < -0.39 is 24.0 Å². The number of carboxylic acids is 1. The molecule has 0 saturated carbocycles. The van der Waals surface area contributed by atoms with Crippen LogP contribution in [0.4, 0.5) is 0 Å². The number of hydrogen-bond acceptors (Lipinski definition) is 3. The van der Waals surface area contributed by atoms with Gasteiger partial charge in [-0.2, -0.15) is 0 Å². The Kier molecular flexibility index (Phi) is 5.88. The smallest absolute Gasteiger partial charge is 0.328 e. The zero-order valence-corrected chi connectivity index (χ0v) is 12.8. The molecule has 2 N–H and O–H groups in total. The molecule has 0 fully saturated rings. The first-order valence-corrected chi connectivity index (χ1v) is 7.32. The number of carboxylic acid groups (broad SMARTS) is 1. The van der Waals surface area contributed by atoms with Gasteiger partial charge < -0.3 is 15.2 Å². The number of ether oxygens (including phenoxy) is 1. The van der Waals surface area contributed by atoms with Crippen LogP contribution >= 0.6 is 0 Å². The van der Waals surface area contributed by atoms with Crippen LogP contribution in [0, 0.1) is 0 Å². The third-order valence-corrected chi connectivity index (χ3v) is 3.41. The van der Waals surface area contributed by atoms with Gasteiger partial charge in [0.2, 0.25) is 0 Å². The number of amides is 1. The number of rotatable bonds is 7. The Morgan fingerprint density at radius 3 is 2.17 bits per heavy atom. The van der Waals surface area contributed by atoms with Gasteiger partial charge in [0.1, 0.15) is 0 Å². The van der Waals surface area contributed by atoms with E-state index in [9.17, 15) is 14.7 Å². The summed E-state index contributed by atoms with van der Waals surface area (Å²) in [5.74, 6) is -1.57. The van der Waals surface area contributed by atoms with E-state index in [0.29, 0.717) is 5.56 Å². The summed E-state index contributed by atoms with van der Waals surface area (Å²) in [4.78, 5) is 23.5. The Bertz CT molecular complexity index is 643. The maximum absolute atomic E-state index is 12.1. The number of nitrogens with one attached hydrogen (secondary N) is 1. The third kappa shape index (κ3) is 4.93. The molecule has 2 aromatic carbocycles. The molecule has 0 heterocycles. The molecule has 0 spiro atoms. The Morgan fingerprint density at radius 2 is 1.61 bits per heavy atom. The van der Waals surface area contributed by atoms with Crippen molar-refractivity contribution >= 4 is 11.9 Å². The summed E-state index contributed by atoms with van der Waals surface area (Å²) < 4.78 is 5.59. The first-order valence-electron chi connectivity index (χ1n) is 7.32. The van der Waals surface area contributed by atoms with Crippen molar-refractivity contribution in [3.05, 3.63) is 71.8 Å². The molecule has 2 atom stereocenters. The summed E-state index contributed by atoms with van der Waals surface area (Å²) in [6.07, 6.45) is -0.666. The van der Waals surface area contributed by atoms with Crippen LogP contribution < -0.4 is 5.32 Å². The average Bonchev–Trinajstić information content (AvgIpc) is 2.58. The van der Waals surface area contributed by atoms with Gasteiger partial charge in [-0.1, -0.05) is 48.5 Å². The van der Waals surface area contributed by atoms with E-state index in [1.807, 2.05) is 30.3 Å². The molecule has 5 nitrogen and oxygen atoms in total. The molecular formula is C18H19NO4. The van der Waals surface area contributed by atoms with Gasteiger partial charge in [-0.15, -0.1) is 0 Å². The number of aliphatic carboxylic acids is 1. The molecule has 0 aromatic heterocycles. The summed E-state index contributed by atoms with van der Waals surface area (Å²) in [5, 5.41) is 11.8. The summed E-state index contributed by atoms with van der Waals surface area (Å²) in [6.45, 7) is 1.92. The van der Waals surface area contributed by atoms with Crippen LogP contribution in [0.5, 0.6) is 0 Å². The van der Waals surface area contributed by atoms with Gasteiger partial charge in [0.15, 0.2) is 6.04 Å². The lowest BCUT2D eigenvalue weighted by Gasteiger charge is -2.22. The fourth-order valence-electron chi connectivity index (χ4n) is 2.09. The van der Waals surface area contributed by atoms with Gasteiger partial charge in [-0.3, -0.25) is 4.79 Å². The summed E-state index contributed by atoms with van der Waals surface area (Å²) in [6, 6.07) is 16.8. The molecular weight excluding hydrogens is 294 g/mol. The molecule has 0 aliphatic rings. The molecule has 0 aliphatic carbocycles. The SMILES string of the molecule is CC(OCc1ccccc1)[C@@H](NC(=O)c1ccccc1)C(=O)O. The molecule has 2 aromatic rings. The predicted octanol–water partition coefficient (Wildman–Crippen LogP) is 2.47. The average molecular weight is 313 g/mol. The van der Waals surface area contributed by atoms with E-state index in [-0.39, 0.29) is 6.61 Å². The van der Waals surface area contributed by atoms with Crippen LogP contribution in [0.2, 0.25) is 0 Å². The van der Waals surface area contributed by atoms with Crippen LogP contribution in [0.1, 0.15) is 22.8 Å². The summed E-state index contributed by atoms with van der Waals surface area (Å²) in [5.41, 5.74) is 1.35. The highest BCUT2D eigenvalue weighted by Crippen LogP contribution is 2.08. The van der Waals surface area contributed by atoms with E-state index in [1.54, 1.807) is 37.3 Å². The first-order chi connectivity index (χ1) is 11.1. The molecule has 1 unspecified atom stereocenters. The summed E-state index contributed by atoms with van der Waals surface area (Å²) in [7, 11) is 0. The summed E-state index contributed by atoms with van der Waals surface area (Å²) >= 11 is 0. The van der Waals surface area contributed by atoms with Crippen LogP contribution in [-0.4, -0.2) is 29.1 Å². The highest BCUT2D eigenvalue weighted by Gasteiger charge is 2.27. The Morgan fingerprint density at radius 1 is 1.04 bits per heavy atom. The maximum Gasteiger partial charge on any atom is 0.328 e. The zero-order valence-electron chi connectivity index (χ0n) is 12.8. The molecule has 5 heteroatoms. The van der Waals surface area contributed by atoms with Crippen molar-refractivity contribution < 1.29 is 19.4 Å². The van der Waals surface area contributed by atoms with Gasteiger partial charge in [0.05, 0.1) is 12.7 Å². The van der Waals surface area contributed by atoms with Crippen molar-refractivity contribution in [3.8, 4) is 0 Å². The largest absolute Gasteiger partial charge is 0.480 e. The second kappa shape index (κ2) is 8.10. The number of carbonyl (C=O) groups is 2. The number of benzene rings is 2. The van der Waals surface area contributed by atoms with Crippen LogP contribution in [0.3, 0.4) is 0 Å². The molecule has 0 radical (unpaired) electrons. The lowest BCUT2D eigenvalue weighted by Crippen LogP contribution is -2.48. The second-order valence-electron chi connectivity index (χ2n) is 5.16. The topological polar surface area (TPSA) is 75.6 Å². The number of carbonyl (C=O) groups excluding carboxylic acids is 1. The number of hydrogen-bond donors (Lipinski definition) is 2. The highest BCUT2D eigenvalue weighted by molar-refractivity contribution is 5.96. The molecule has 0 saturated heterocycles. The van der Waals surface area contributed by atoms with E-state index in [1.165, 1.54) is 0 Å². The standard InChI is InChI=1S/C18H19NO4/c1-13(23-12-14-8-4-2-5-9-14)16(18(21)22)19-17(20)15-10-6-3-7-11-15/h2-11,13,16H,12H2,1H3,(H,19,20)(H,21,22)/t13?,16-/m1/s1. The van der Waals surface area contributed by atoms with Crippen LogP contribution in [0.25, 0.3) is 0 Å². The van der Waals surface area contributed by atoms with E-state index in [4.69, 9.17) is 4.74 Å². The van der Waals surface area contributed by atoms with Crippen LogP contribution in [0.15, 0.2) is 60.7 Å². The van der Waals surface area contributed by atoms with Crippen molar-refractivity contribution in [3.63, 3.8) is 0 Å². The lowest BCUT2D eigenvalue weighted by atomic mass is 10.1. The minimum Gasteiger partial charge on any atom is -0.480 e. The predicted molar refractivity (Wildman–Crippen MR) is 86.0 cm³/mol. The molecule has 1 amide bonds. The fourth-order valence-corrected chi connectivity index (χ4v) is 2.09. The minimum atomic E-state index is -1.13. The molecule has 0 aliphatic heterocycles. The van der Waals surface area contributed by atoms with Crippen LogP contribution in [-0.2, 0) is 16.1 Å². The Hall–Kier alpha value is -2.66. The molecule has 23 heavy (non-hydrogen) atoms. The van der Waals surface area contributed by atoms with Crippen molar-refractivity contribution in [2.45, 2.75) is 25.7 Å². The maximum atomic E-state index is 12.1. The van der Waals surface area contributed by atoms with Gasteiger partial charge in [0, 0.05) is 5.56 Å². The van der Waals surface area contributed by atoms with Gasteiger partial charge in [0.25, 0.3) is 5.91 Å². The van der Waals surface area contributed by atoms with Crippen molar-refractivity contribution in [2.75, 3.05) is 0 Å². The molecule has 2 rings (SSSR count). The Balaban J connectivity index is 1.97. The minimum absolute atomic E-state index is 0.285. The van der Waals surface area contributed by atoms with E-state index in [2.05, 4.69) is 5.32 Å². The third-order valence-electron chi connectivity index (χ3n) is 3.41.